The number of fused-ring (bicyclic) bond motifs is 1. The molecule has 1 saturated heterocycles. The van der Waals surface area contributed by atoms with Crippen molar-refractivity contribution in [2.24, 2.45) is 5.92 Å². The Morgan fingerprint density at radius 3 is 2.83 bits per heavy atom. The lowest BCUT2D eigenvalue weighted by Crippen LogP contribution is -2.48. The molecule has 1 aromatic carbocycles. The van der Waals surface area contributed by atoms with Gasteiger partial charge in [-0.2, -0.15) is 0 Å². The molecule has 7 nitrogen and oxygen atoms in total. The number of Topliss-reactive ketones (excluding diaryl/α,β-unsaturated/α-hetero) is 1. The van der Waals surface area contributed by atoms with Gasteiger partial charge in [0.05, 0.1) is 0 Å². The van der Waals surface area contributed by atoms with Crippen LogP contribution in [-0.2, 0) is 11.2 Å². The summed E-state index contributed by atoms with van der Waals surface area (Å²) in [7, 11) is 0. The standard InChI is InChI=1S/C23H32N4O3/c1-16-13-20(28)15-19-14-18(22(29)25-9-7-17-3-4-17)5-6-21(19)27(16)23(30)26-11-2-8-24-10-12-26/h5-6,14,16-17,24H,2-4,7-13,15H2,1H3,(H,25,29)/t16-/m0/s1. The highest BCUT2D eigenvalue weighted by Crippen LogP contribution is 2.32. The normalized spacial score (nSPS) is 22.2. The zero-order valence-electron chi connectivity index (χ0n) is 17.8. The number of benzene rings is 1. The molecular formula is C23H32N4O3. The Balaban J connectivity index is 1.55. The minimum absolute atomic E-state index is 0.0521. The van der Waals surface area contributed by atoms with E-state index in [4.69, 9.17) is 0 Å². The first-order valence-electron chi connectivity index (χ1n) is 11.2. The summed E-state index contributed by atoms with van der Waals surface area (Å²) in [6.45, 7) is 5.67. The van der Waals surface area contributed by atoms with E-state index in [0.29, 0.717) is 31.6 Å². The maximum atomic E-state index is 13.4. The van der Waals surface area contributed by atoms with Gasteiger partial charge in [-0.15, -0.1) is 0 Å². The van der Waals surface area contributed by atoms with Gasteiger partial charge >= 0.3 is 6.03 Å². The van der Waals surface area contributed by atoms with Gasteiger partial charge in [-0.3, -0.25) is 14.5 Å². The maximum Gasteiger partial charge on any atom is 0.324 e. The number of hydrogen-bond acceptors (Lipinski definition) is 4. The second-order valence-electron chi connectivity index (χ2n) is 8.84. The van der Waals surface area contributed by atoms with Crippen molar-refractivity contribution in [3.05, 3.63) is 29.3 Å². The van der Waals surface area contributed by atoms with Gasteiger partial charge in [0.2, 0.25) is 0 Å². The zero-order chi connectivity index (χ0) is 21.1. The summed E-state index contributed by atoms with van der Waals surface area (Å²) in [5, 5.41) is 6.31. The largest absolute Gasteiger partial charge is 0.352 e. The number of ketones is 1. The molecule has 1 saturated carbocycles. The van der Waals surface area contributed by atoms with E-state index in [-0.39, 0.29) is 30.2 Å². The van der Waals surface area contributed by atoms with Crippen molar-refractivity contribution in [1.29, 1.82) is 0 Å². The van der Waals surface area contributed by atoms with Crippen molar-refractivity contribution >= 4 is 23.4 Å². The Hall–Kier alpha value is -2.41. The van der Waals surface area contributed by atoms with Gasteiger partial charge in [-0.05, 0) is 56.0 Å². The van der Waals surface area contributed by atoms with Crippen molar-refractivity contribution in [3.63, 3.8) is 0 Å². The van der Waals surface area contributed by atoms with Crippen molar-refractivity contribution in [3.8, 4) is 0 Å². The molecule has 0 bridgehead atoms. The quantitative estimate of drug-likeness (QED) is 0.795. The number of hydrogen-bond donors (Lipinski definition) is 2. The van der Waals surface area contributed by atoms with Crippen LogP contribution in [0.25, 0.3) is 0 Å². The second kappa shape index (κ2) is 9.16. The fourth-order valence-corrected chi connectivity index (χ4v) is 4.43. The lowest BCUT2D eigenvalue weighted by atomic mass is 10.0. The summed E-state index contributed by atoms with van der Waals surface area (Å²) in [4.78, 5) is 42.1. The minimum Gasteiger partial charge on any atom is -0.352 e. The van der Waals surface area contributed by atoms with Crippen LogP contribution in [0.1, 0.15) is 54.9 Å². The van der Waals surface area contributed by atoms with E-state index in [1.165, 1.54) is 12.8 Å². The summed E-state index contributed by atoms with van der Waals surface area (Å²) >= 11 is 0. The molecule has 30 heavy (non-hydrogen) atoms. The molecule has 2 aliphatic heterocycles. The van der Waals surface area contributed by atoms with Gasteiger partial charge in [-0.1, -0.05) is 12.8 Å². The number of carbonyl (C=O) groups excluding carboxylic acids is 3. The predicted molar refractivity (Wildman–Crippen MR) is 116 cm³/mol. The Labute approximate surface area is 178 Å². The molecule has 0 aromatic heterocycles. The lowest BCUT2D eigenvalue weighted by molar-refractivity contribution is -0.118. The average Bonchev–Trinajstić information content (AvgIpc) is 3.55. The number of urea groups is 1. The number of amides is 3. The third kappa shape index (κ3) is 4.83. The molecule has 162 valence electrons. The van der Waals surface area contributed by atoms with E-state index in [0.717, 1.165) is 43.1 Å². The number of nitrogens with zero attached hydrogens (tertiary/aromatic N) is 2. The predicted octanol–water partition coefficient (Wildman–Crippen LogP) is 2.34. The van der Waals surface area contributed by atoms with Crippen LogP contribution < -0.4 is 15.5 Å². The highest BCUT2D eigenvalue weighted by Gasteiger charge is 2.33. The van der Waals surface area contributed by atoms with Crippen molar-refractivity contribution in [1.82, 2.24) is 15.5 Å². The van der Waals surface area contributed by atoms with Crippen LogP contribution in [0, 0.1) is 5.92 Å². The first-order valence-corrected chi connectivity index (χ1v) is 11.2. The third-order valence-electron chi connectivity index (χ3n) is 6.30. The summed E-state index contributed by atoms with van der Waals surface area (Å²) in [5.74, 6) is 0.757. The van der Waals surface area contributed by atoms with E-state index < -0.39 is 0 Å². The lowest BCUT2D eigenvalue weighted by Gasteiger charge is -2.33. The molecule has 2 heterocycles. The highest BCUT2D eigenvalue weighted by molar-refractivity contribution is 6.00. The van der Waals surface area contributed by atoms with Crippen LogP contribution >= 0.6 is 0 Å². The van der Waals surface area contributed by atoms with Crippen molar-refractivity contribution in [2.75, 3.05) is 37.6 Å². The molecule has 7 heteroatoms. The topological polar surface area (TPSA) is 81.8 Å². The SMILES string of the molecule is C[C@H]1CC(=O)Cc2cc(C(=O)NCCC3CC3)ccc2N1C(=O)N1CCCNCC1. The molecule has 0 unspecified atom stereocenters. The van der Waals surface area contributed by atoms with Crippen molar-refractivity contribution in [2.45, 2.75) is 51.5 Å². The minimum atomic E-state index is -0.208. The Morgan fingerprint density at radius 2 is 2.03 bits per heavy atom. The fourth-order valence-electron chi connectivity index (χ4n) is 4.43. The number of rotatable bonds is 4. The van der Waals surface area contributed by atoms with Gasteiger partial charge < -0.3 is 15.5 Å². The van der Waals surface area contributed by atoms with Crippen LogP contribution in [0.5, 0.6) is 0 Å². The van der Waals surface area contributed by atoms with Crippen LogP contribution in [0.2, 0.25) is 0 Å². The van der Waals surface area contributed by atoms with Gasteiger partial charge in [0.1, 0.15) is 5.78 Å². The second-order valence-corrected chi connectivity index (χ2v) is 8.84. The van der Waals surface area contributed by atoms with E-state index in [9.17, 15) is 14.4 Å². The van der Waals surface area contributed by atoms with E-state index in [2.05, 4.69) is 10.6 Å². The Bertz CT molecular complexity index is 813. The van der Waals surface area contributed by atoms with Crippen LogP contribution in [0.15, 0.2) is 18.2 Å². The van der Waals surface area contributed by atoms with Gasteiger partial charge in [0, 0.05) is 56.3 Å². The Morgan fingerprint density at radius 1 is 1.20 bits per heavy atom. The number of anilines is 1. The van der Waals surface area contributed by atoms with E-state index >= 15 is 0 Å². The molecule has 2 N–H and O–H groups in total. The van der Waals surface area contributed by atoms with Crippen molar-refractivity contribution < 1.29 is 14.4 Å². The summed E-state index contributed by atoms with van der Waals surface area (Å²) in [6, 6.07) is 5.15. The monoisotopic (exact) mass is 412 g/mol. The number of carbonyl (C=O) groups is 3. The molecule has 0 spiro atoms. The van der Waals surface area contributed by atoms with E-state index in [1.807, 2.05) is 17.9 Å². The molecule has 3 amide bonds. The molecule has 0 radical (unpaired) electrons. The molecule has 3 aliphatic rings. The average molecular weight is 413 g/mol. The fraction of sp³-hybridized carbons (Fsp3) is 0.609. The van der Waals surface area contributed by atoms with E-state index in [1.54, 1.807) is 17.0 Å². The maximum absolute atomic E-state index is 13.4. The smallest absolute Gasteiger partial charge is 0.324 e. The molecule has 1 atom stereocenters. The van der Waals surface area contributed by atoms with Gasteiger partial charge in [-0.25, -0.2) is 4.79 Å². The number of nitrogens with one attached hydrogen (secondary N) is 2. The van der Waals surface area contributed by atoms with Gasteiger partial charge in [0.25, 0.3) is 5.91 Å². The van der Waals surface area contributed by atoms with Crippen LogP contribution in [0.3, 0.4) is 0 Å². The third-order valence-corrected chi connectivity index (χ3v) is 6.30. The molecule has 1 aliphatic carbocycles. The van der Waals surface area contributed by atoms with Gasteiger partial charge in [0.15, 0.2) is 0 Å². The summed E-state index contributed by atoms with van der Waals surface area (Å²) in [5.41, 5.74) is 2.07. The summed E-state index contributed by atoms with van der Waals surface area (Å²) < 4.78 is 0. The van der Waals surface area contributed by atoms with Crippen LogP contribution in [-0.4, -0.2) is 61.4 Å². The highest BCUT2D eigenvalue weighted by atomic mass is 16.2. The van der Waals surface area contributed by atoms with Crippen LogP contribution in [0.4, 0.5) is 10.5 Å². The first kappa shape index (κ1) is 20.8. The first-order chi connectivity index (χ1) is 14.5. The molecule has 1 aromatic rings. The molecular weight excluding hydrogens is 380 g/mol. The zero-order valence-corrected chi connectivity index (χ0v) is 17.8. The molecule has 4 rings (SSSR count). The molecule has 2 fully saturated rings. The summed E-state index contributed by atoms with van der Waals surface area (Å²) in [6.07, 6.45) is 5.07. The Kier molecular flexibility index (Phi) is 6.37.